The van der Waals surface area contributed by atoms with E-state index >= 15 is 0 Å². The van der Waals surface area contributed by atoms with E-state index in [4.69, 9.17) is 4.74 Å². The molecule has 0 radical (unpaired) electrons. The van der Waals surface area contributed by atoms with Gasteiger partial charge in [0, 0.05) is 46.4 Å². The fourth-order valence-corrected chi connectivity index (χ4v) is 2.46. The molecule has 1 N–H and O–H groups in total. The highest BCUT2D eigenvalue weighted by molar-refractivity contribution is 5.77. The number of rotatable bonds is 6. The molecular formula is C15H22FN3O2. The Morgan fingerprint density at radius 3 is 2.67 bits per heavy atom. The second kappa shape index (κ2) is 7.95. The van der Waals surface area contributed by atoms with Crippen LogP contribution in [0.1, 0.15) is 0 Å². The molecule has 0 unspecified atom stereocenters. The summed E-state index contributed by atoms with van der Waals surface area (Å²) in [6.45, 7) is 4.85. The fourth-order valence-electron chi connectivity index (χ4n) is 2.46. The number of carbonyl (C=O) groups is 1. The number of benzene rings is 1. The minimum absolute atomic E-state index is 0.0949. The summed E-state index contributed by atoms with van der Waals surface area (Å²) in [5.74, 6) is -0.264. The van der Waals surface area contributed by atoms with Crippen LogP contribution in [-0.2, 0) is 9.53 Å². The molecule has 0 saturated carbocycles. The number of amides is 1. The first kappa shape index (κ1) is 15.7. The zero-order valence-corrected chi connectivity index (χ0v) is 12.3. The van der Waals surface area contributed by atoms with E-state index in [0.29, 0.717) is 12.2 Å². The Hall–Kier alpha value is -1.66. The second-order valence-corrected chi connectivity index (χ2v) is 5.06. The van der Waals surface area contributed by atoms with Crippen LogP contribution in [0, 0.1) is 5.82 Å². The molecular weight excluding hydrogens is 273 g/mol. The molecule has 116 valence electrons. The van der Waals surface area contributed by atoms with Gasteiger partial charge < -0.3 is 15.0 Å². The molecule has 0 atom stereocenters. The van der Waals surface area contributed by atoms with Gasteiger partial charge in [0.2, 0.25) is 5.91 Å². The van der Waals surface area contributed by atoms with Crippen molar-refractivity contribution in [2.24, 2.45) is 0 Å². The van der Waals surface area contributed by atoms with Crippen LogP contribution in [0.5, 0.6) is 0 Å². The van der Waals surface area contributed by atoms with E-state index in [2.05, 4.69) is 15.1 Å². The highest BCUT2D eigenvalue weighted by atomic mass is 19.1. The molecule has 1 fully saturated rings. The van der Waals surface area contributed by atoms with Crippen LogP contribution in [0.2, 0.25) is 0 Å². The zero-order valence-electron chi connectivity index (χ0n) is 12.3. The quantitative estimate of drug-likeness (QED) is 0.839. The van der Waals surface area contributed by atoms with Crippen LogP contribution >= 0.6 is 0 Å². The van der Waals surface area contributed by atoms with Crippen molar-refractivity contribution in [3.05, 3.63) is 30.1 Å². The summed E-state index contributed by atoms with van der Waals surface area (Å²) in [6.07, 6.45) is 0. The van der Waals surface area contributed by atoms with Crippen molar-refractivity contribution >= 4 is 11.6 Å². The summed E-state index contributed by atoms with van der Waals surface area (Å²) < 4.78 is 18.5. The highest BCUT2D eigenvalue weighted by Crippen LogP contribution is 2.19. The minimum atomic E-state index is -0.169. The fraction of sp³-hybridized carbons (Fsp3) is 0.533. The molecule has 1 amide bonds. The van der Waals surface area contributed by atoms with Crippen molar-refractivity contribution in [2.45, 2.75) is 0 Å². The van der Waals surface area contributed by atoms with Gasteiger partial charge in [-0.05, 0) is 12.1 Å². The summed E-state index contributed by atoms with van der Waals surface area (Å²) in [6, 6.07) is 6.87. The van der Waals surface area contributed by atoms with Gasteiger partial charge in [-0.2, -0.15) is 0 Å². The summed E-state index contributed by atoms with van der Waals surface area (Å²) in [7, 11) is 1.50. The van der Waals surface area contributed by atoms with Crippen molar-refractivity contribution in [3.8, 4) is 0 Å². The number of anilines is 1. The Balaban J connectivity index is 1.71. The lowest BCUT2D eigenvalue weighted by Crippen LogP contribution is -2.48. The molecule has 5 nitrogen and oxygen atoms in total. The number of hydrogen-bond donors (Lipinski definition) is 1. The van der Waals surface area contributed by atoms with Crippen LogP contribution in [-0.4, -0.2) is 63.8 Å². The molecule has 6 heteroatoms. The van der Waals surface area contributed by atoms with Gasteiger partial charge in [-0.1, -0.05) is 12.1 Å². The van der Waals surface area contributed by atoms with E-state index in [1.54, 1.807) is 6.07 Å². The predicted molar refractivity (Wildman–Crippen MR) is 79.9 cm³/mol. The maximum atomic E-state index is 13.7. The highest BCUT2D eigenvalue weighted by Gasteiger charge is 2.18. The van der Waals surface area contributed by atoms with Crippen molar-refractivity contribution in [3.63, 3.8) is 0 Å². The number of methoxy groups -OCH3 is 1. The lowest BCUT2D eigenvalue weighted by atomic mass is 10.2. The Bertz CT molecular complexity index is 462. The van der Waals surface area contributed by atoms with Gasteiger partial charge in [0.05, 0.1) is 5.69 Å². The Labute approximate surface area is 124 Å². The number of halogens is 1. The van der Waals surface area contributed by atoms with Gasteiger partial charge in [-0.3, -0.25) is 9.69 Å². The number of nitrogens with one attached hydrogen (secondary N) is 1. The van der Waals surface area contributed by atoms with E-state index in [-0.39, 0.29) is 18.3 Å². The van der Waals surface area contributed by atoms with Crippen LogP contribution in [0.3, 0.4) is 0 Å². The Morgan fingerprint density at radius 1 is 1.29 bits per heavy atom. The molecule has 21 heavy (non-hydrogen) atoms. The van der Waals surface area contributed by atoms with E-state index in [1.165, 1.54) is 13.2 Å². The molecule has 1 aliphatic rings. The maximum Gasteiger partial charge on any atom is 0.246 e. The van der Waals surface area contributed by atoms with Crippen molar-refractivity contribution in [1.29, 1.82) is 0 Å². The molecule has 0 spiro atoms. The summed E-state index contributed by atoms with van der Waals surface area (Å²) in [5.41, 5.74) is 0.672. The van der Waals surface area contributed by atoms with Crippen LogP contribution in [0.15, 0.2) is 24.3 Å². The molecule has 1 aromatic rings. The van der Waals surface area contributed by atoms with E-state index in [1.807, 2.05) is 12.1 Å². The number of nitrogens with zero attached hydrogens (tertiary/aromatic N) is 2. The van der Waals surface area contributed by atoms with Crippen molar-refractivity contribution in [2.75, 3.05) is 57.9 Å². The molecule has 0 bridgehead atoms. The molecule has 1 aromatic carbocycles. The predicted octanol–water partition coefficient (Wildman–Crippen LogP) is 0.710. The minimum Gasteiger partial charge on any atom is -0.375 e. The maximum absolute atomic E-state index is 13.7. The number of hydrogen-bond acceptors (Lipinski definition) is 4. The third-order valence-corrected chi connectivity index (χ3v) is 3.59. The average Bonchev–Trinajstić information content (AvgIpc) is 2.49. The second-order valence-electron chi connectivity index (χ2n) is 5.06. The number of para-hydroxylation sites is 1. The first-order chi connectivity index (χ1) is 10.2. The van der Waals surface area contributed by atoms with Crippen LogP contribution in [0.25, 0.3) is 0 Å². The van der Waals surface area contributed by atoms with Gasteiger partial charge in [0.1, 0.15) is 12.4 Å². The summed E-state index contributed by atoms with van der Waals surface area (Å²) in [5, 5.41) is 2.80. The van der Waals surface area contributed by atoms with Crippen molar-refractivity contribution in [1.82, 2.24) is 10.2 Å². The van der Waals surface area contributed by atoms with Gasteiger partial charge in [0.25, 0.3) is 0 Å². The first-order valence-electron chi connectivity index (χ1n) is 7.18. The number of piperazine rings is 1. The van der Waals surface area contributed by atoms with E-state index in [9.17, 15) is 9.18 Å². The van der Waals surface area contributed by atoms with Gasteiger partial charge in [-0.15, -0.1) is 0 Å². The van der Waals surface area contributed by atoms with E-state index in [0.717, 1.165) is 32.7 Å². The molecule has 0 aromatic heterocycles. The molecule has 1 heterocycles. The van der Waals surface area contributed by atoms with Crippen LogP contribution < -0.4 is 10.2 Å². The molecule has 1 saturated heterocycles. The zero-order chi connectivity index (χ0) is 15.1. The lowest BCUT2D eigenvalue weighted by Gasteiger charge is -2.36. The average molecular weight is 295 g/mol. The third kappa shape index (κ3) is 4.68. The normalized spacial score (nSPS) is 16.0. The smallest absolute Gasteiger partial charge is 0.246 e. The monoisotopic (exact) mass is 295 g/mol. The third-order valence-electron chi connectivity index (χ3n) is 3.59. The largest absolute Gasteiger partial charge is 0.375 e. The van der Waals surface area contributed by atoms with Gasteiger partial charge in [0.15, 0.2) is 0 Å². The first-order valence-corrected chi connectivity index (χ1v) is 7.18. The van der Waals surface area contributed by atoms with Gasteiger partial charge in [-0.25, -0.2) is 4.39 Å². The Morgan fingerprint density at radius 2 is 2.00 bits per heavy atom. The topological polar surface area (TPSA) is 44.8 Å². The number of ether oxygens (including phenoxy) is 1. The van der Waals surface area contributed by atoms with Gasteiger partial charge >= 0.3 is 0 Å². The SMILES string of the molecule is COCC(=O)NCCN1CCN(c2ccccc2F)CC1. The molecule has 0 aliphatic carbocycles. The van der Waals surface area contributed by atoms with E-state index < -0.39 is 0 Å². The standard InChI is InChI=1S/C15H22FN3O2/c1-21-12-15(20)17-6-7-18-8-10-19(11-9-18)14-5-3-2-4-13(14)16/h2-5H,6-12H2,1H3,(H,17,20). The van der Waals surface area contributed by atoms with Crippen LogP contribution in [0.4, 0.5) is 10.1 Å². The summed E-state index contributed by atoms with van der Waals surface area (Å²) >= 11 is 0. The molecule has 2 rings (SSSR count). The Kier molecular flexibility index (Phi) is 5.95. The summed E-state index contributed by atoms with van der Waals surface area (Å²) in [4.78, 5) is 15.6. The van der Waals surface area contributed by atoms with Crippen molar-refractivity contribution < 1.29 is 13.9 Å². The lowest BCUT2D eigenvalue weighted by molar-refractivity contribution is -0.124. The number of carbonyl (C=O) groups excluding carboxylic acids is 1. The molecule has 1 aliphatic heterocycles.